The third-order valence-electron chi connectivity index (χ3n) is 2.90. The summed E-state index contributed by atoms with van der Waals surface area (Å²) in [6.45, 7) is 2.73. The summed E-state index contributed by atoms with van der Waals surface area (Å²) in [5, 5.41) is 19.2. The fourth-order valence-corrected chi connectivity index (χ4v) is 2.86. The van der Waals surface area contributed by atoms with Crippen LogP contribution >= 0.6 is 0 Å². The quantitative estimate of drug-likeness (QED) is 0.607. The van der Waals surface area contributed by atoms with Crippen molar-refractivity contribution >= 4 is 10.1 Å². The number of fused-ring (bicyclic) bond motifs is 1. The van der Waals surface area contributed by atoms with E-state index in [0.29, 0.717) is 0 Å². The van der Waals surface area contributed by atoms with Crippen LogP contribution in [0.25, 0.3) is 0 Å². The van der Waals surface area contributed by atoms with Crippen LogP contribution in [0.15, 0.2) is 0 Å². The first kappa shape index (κ1) is 15.1. The van der Waals surface area contributed by atoms with Gasteiger partial charge in [0.1, 0.15) is 24.4 Å². The fourth-order valence-electron chi connectivity index (χ4n) is 2.24. The Bertz CT molecular complexity index is 433. The fraction of sp³-hybridized carbons (Fsp3) is 1.00. The molecule has 2 saturated heterocycles. The van der Waals surface area contributed by atoms with Gasteiger partial charge in [-0.1, -0.05) is 0 Å². The van der Waals surface area contributed by atoms with Crippen molar-refractivity contribution in [3.63, 3.8) is 0 Å². The highest BCUT2D eigenvalue weighted by Crippen LogP contribution is 2.38. The molecule has 2 aliphatic rings. The van der Waals surface area contributed by atoms with Gasteiger partial charge in [-0.2, -0.15) is 8.42 Å². The second kappa shape index (κ2) is 4.92. The number of aliphatic hydroxyl groups excluding tert-OH is 2. The Morgan fingerprint density at radius 1 is 1.37 bits per heavy atom. The highest BCUT2D eigenvalue weighted by atomic mass is 32.2. The van der Waals surface area contributed by atoms with Gasteiger partial charge in [-0.15, -0.1) is 0 Å². The molecule has 0 bridgehead atoms. The van der Waals surface area contributed by atoms with Crippen LogP contribution in [0, 0.1) is 0 Å². The minimum absolute atomic E-state index is 0.613. The van der Waals surface area contributed by atoms with Crippen molar-refractivity contribution in [2.75, 3.05) is 12.9 Å². The first-order valence-corrected chi connectivity index (χ1v) is 7.63. The van der Waals surface area contributed by atoms with Gasteiger partial charge in [0.15, 0.2) is 12.1 Å². The van der Waals surface area contributed by atoms with E-state index in [1.807, 2.05) is 0 Å². The Hall–Kier alpha value is -0.290. The molecule has 2 aliphatic heterocycles. The van der Waals surface area contributed by atoms with Crippen LogP contribution in [0.5, 0.6) is 0 Å². The van der Waals surface area contributed by atoms with Crippen LogP contribution in [-0.4, -0.2) is 68.0 Å². The van der Waals surface area contributed by atoms with E-state index >= 15 is 0 Å². The molecule has 2 fully saturated rings. The molecule has 2 heterocycles. The minimum Gasteiger partial charge on any atom is -0.394 e. The van der Waals surface area contributed by atoms with E-state index in [4.69, 9.17) is 14.2 Å². The molecule has 9 heteroatoms. The second-order valence-electron chi connectivity index (χ2n) is 5.08. The molecular weight excluding hydrogens is 280 g/mol. The molecule has 5 atom stereocenters. The van der Waals surface area contributed by atoms with Gasteiger partial charge in [-0.3, -0.25) is 4.18 Å². The summed E-state index contributed by atoms with van der Waals surface area (Å²) >= 11 is 0. The van der Waals surface area contributed by atoms with Crippen molar-refractivity contribution in [2.24, 2.45) is 0 Å². The molecule has 2 rings (SSSR count). The van der Waals surface area contributed by atoms with Gasteiger partial charge in [0.2, 0.25) is 0 Å². The number of aliphatic hydroxyl groups is 2. The van der Waals surface area contributed by atoms with Crippen LogP contribution < -0.4 is 0 Å². The molecule has 8 nitrogen and oxygen atoms in total. The first-order valence-electron chi connectivity index (χ1n) is 5.81. The van der Waals surface area contributed by atoms with Crippen LogP contribution in [0.1, 0.15) is 13.8 Å². The Kier molecular flexibility index (Phi) is 3.91. The van der Waals surface area contributed by atoms with E-state index in [1.54, 1.807) is 13.8 Å². The maximum Gasteiger partial charge on any atom is 0.264 e. The zero-order valence-electron chi connectivity index (χ0n) is 10.8. The average Bonchev–Trinajstić information content (AvgIpc) is 2.69. The number of hydrogen-bond donors (Lipinski definition) is 2. The average molecular weight is 298 g/mol. The highest BCUT2D eigenvalue weighted by Gasteiger charge is 2.56. The van der Waals surface area contributed by atoms with Crippen molar-refractivity contribution < 1.29 is 37.0 Å². The second-order valence-corrected chi connectivity index (χ2v) is 6.68. The summed E-state index contributed by atoms with van der Waals surface area (Å²) in [5.41, 5.74) is 0. The molecule has 2 N–H and O–H groups in total. The Labute approximate surface area is 111 Å². The summed E-state index contributed by atoms with van der Waals surface area (Å²) in [4.78, 5) is 0. The van der Waals surface area contributed by atoms with Crippen LogP contribution in [0.2, 0.25) is 0 Å². The van der Waals surface area contributed by atoms with E-state index in [-0.39, 0.29) is 0 Å². The van der Waals surface area contributed by atoms with E-state index in [2.05, 4.69) is 4.18 Å². The Morgan fingerprint density at radius 3 is 2.47 bits per heavy atom. The predicted molar refractivity (Wildman–Crippen MR) is 61.5 cm³/mol. The van der Waals surface area contributed by atoms with Crippen LogP contribution in [0.3, 0.4) is 0 Å². The first-order chi connectivity index (χ1) is 8.63. The van der Waals surface area contributed by atoms with Gasteiger partial charge in [0, 0.05) is 0 Å². The third kappa shape index (κ3) is 3.24. The largest absolute Gasteiger partial charge is 0.394 e. The molecule has 0 radical (unpaired) electrons. The lowest BCUT2D eigenvalue weighted by Gasteiger charge is -2.26. The molecular formula is C10H18O8S. The Morgan fingerprint density at radius 2 is 2.00 bits per heavy atom. The highest BCUT2D eigenvalue weighted by molar-refractivity contribution is 7.86. The van der Waals surface area contributed by atoms with Crippen LogP contribution in [0.4, 0.5) is 0 Å². The monoisotopic (exact) mass is 298 g/mol. The topological polar surface area (TPSA) is 112 Å². The molecule has 19 heavy (non-hydrogen) atoms. The molecule has 0 aromatic heterocycles. The van der Waals surface area contributed by atoms with Crippen molar-refractivity contribution in [3.05, 3.63) is 0 Å². The van der Waals surface area contributed by atoms with E-state index < -0.39 is 53.2 Å². The van der Waals surface area contributed by atoms with Gasteiger partial charge in [-0.25, -0.2) is 0 Å². The smallest absolute Gasteiger partial charge is 0.264 e. The van der Waals surface area contributed by atoms with Gasteiger partial charge in [0.25, 0.3) is 10.1 Å². The standard InChI is InChI=1S/C10H18O8S/c1-10(2)16-8-6(12)7(15-9(8)17-10)5(4-11)18-19(3,13)14/h5-9,11-12H,4H2,1-3H3/t5-,6+,7-,8-,9-/m1/s1. The zero-order chi connectivity index (χ0) is 14.4. The molecule has 0 unspecified atom stereocenters. The molecule has 0 aromatic carbocycles. The number of rotatable bonds is 4. The van der Waals surface area contributed by atoms with Gasteiger partial charge in [-0.05, 0) is 13.8 Å². The van der Waals surface area contributed by atoms with Gasteiger partial charge < -0.3 is 24.4 Å². The van der Waals surface area contributed by atoms with Crippen molar-refractivity contribution in [1.29, 1.82) is 0 Å². The number of hydrogen-bond acceptors (Lipinski definition) is 8. The normalized spacial score (nSPS) is 39.2. The zero-order valence-corrected chi connectivity index (χ0v) is 11.7. The van der Waals surface area contributed by atoms with Crippen molar-refractivity contribution in [2.45, 2.75) is 50.3 Å². The lowest BCUT2D eigenvalue weighted by atomic mass is 10.1. The molecule has 0 spiro atoms. The molecule has 0 saturated carbocycles. The summed E-state index contributed by atoms with van der Waals surface area (Å²) in [7, 11) is -3.78. The van der Waals surface area contributed by atoms with Gasteiger partial charge in [0.05, 0.1) is 12.9 Å². The summed E-state index contributed by atoms with van der Waals surface area (Å²) in [6, 6.07) is 0. The molecule has 0 aliphatic carbocycles. The molecule has 112 valence electrons. The lowest BCUT2D eigenvalue weighted by Crippen LogP contribution is -2.44. The maximum atomic E-state index is 11.1. The summed E-state index contributed by atoms with van der Waals surface area (Å²) in [5.74, 6) is -0.881. The van der Waals surface area contributed by atoms with E-state index in [0.717, 1.165) is 6.26 Å². The Balaban J connectivity index is 2.08. The third-order valence-corrected chi connectivity index (χ3v) is 3.49. The van der Waals surface area contributed by atoms with Gasteiger partial charge >= 0.3 is 0 Å². The SMILES string of the molecule is CC1(C)O[C@H]2O[C@H]([C@@H](CO)OS(C)(=O)=O)[C@H](O)[C@H]2O1. The summed E-state index contributed by atoms with van der Waals surface area (Å²) < 4.78 is 43.1. The lowest BCUT2D eigenvalue weighted by molar-refractivity contribution is -0.225. The number of ether oxygens (including phenoxy) is 3. The van der Waals surface area contributed by atoms with Crippen LogP contribution in [-0.2, 0) is 28.5 Å². The van der Waals surface area contributed by atoms with E-state index in [9.17, 15) is 18.6 Å². The maximum absolute atomic E-state index is 11.1. The molecule has 0 aromatic rings. The molecule has 0 amide bonds. The van der Waals surface area contributed by atoms with Crippen molar-refractivity contribution in [3.8, 4) is 0 Å². The van der Waals surface area contributed by atoms with Crippen molar-refractivity contribution in [1.82, 2.24) is 0 Å². The minimum atomic E-state index is -3.78. The predicted octanol–water partition coefficient (Wildman–Crippen LogP) is -1.44. The van der Waals surface area contributed by atoms with E-state index in [1.165, 1.54) is 0 Å². The summed E-state index contributed by atoms with van der Waals surface area (Å²) in [6.07, 6.45) is -4.08.